The van der Waals surface area contributed by atoms with Crippen molar-refractivity contribution in [1.29, 1.82) is 0 Å². The van der Waals surface area contributed by atoms with Crippen LogP contribution >= 0.6 is 35.3 Å². The van der Waals surface area contributed by atoms with Crippen LogP contribution in [-0.4, -0.2) is 34.7 Å². The zero-order valence-corrected chi connectivity index (χ0v) is 61.1. The van der Waals surface area contributed by atoms with Crippen molar-refractivity contribution in [2.24, 2.45) is 0 Å². The number of carbonyl (C=O) groups is 6. The van der Waals surface area contributed by atoms with E-state index >= 15 is 0 Å². The lowest BCUT2D eigenvalue weighted by Crippen LogP contribution is -2.13. The Kier molecular flexibility index (Phi) is 20.9. The summed E-state index contributed by atoms with van der Waals surface area (Å²) in [7, 11) is 0. The number of benzene rings is 14. The zero-order chi connectivity index (χ0) is 75.6. The molecule has 20 aliphatic rings. The first-order valence-corrected chi connectivity index (χ1v) is 37.5. The van der Waals surface area contributed by atoms with Gasteiger partial charge in [-0.25, -0.2) is 0 Å². The first-order chi connectivity index (χ1) is 54.4. The van der Waals surface area contributed by atoms with Crippen LogP contribution in [-0.2, 0) is 0 Å². The maximum atomic E-state index is 14.1. The van der Waals surface area contributed by atoms with E-state index < -0.39 is 5.78 Å². The molecule has 111 heavy (non-hydrogen) atoms. The monoisotopic (exact) mass is 1500 g/mol. The summed E-state index contributed by atoms with van der Waals surface area (Å²) in [4.78, 5) is 90.1. The summed E-state index contributed by atoms with van der Waals surface area (Å²) in [5.41, 5.74) is 9.39. The van der Waals surface area contributed by atoms with E-state index in [-0.39, 0.29) is 62.3 Å². The minimum Gasteiger partial charge on any atom is -0.457 e. The van der Waals surface area contributed by atoms with Crippen molar-refractivity contribution in [2.45, 2.75) is 29.4 Å². The molecule has 19 heterocycles. The molecule has 14 aromatic carbocycles. The minimum absolute atomic E-state index is 0.0939. The molecule has 12 nitrogen and oxygen atoms in total. The highest BCUT2D eigenvalue weighted by molar-refractivity contribution is 7.99. The summed E-state index contributed by atoms with van der Waals surface area (Å²) in [5, 5.41) is 0. The minimum atomic E-state index is -0.392. The molecule has 0 N–H and O–H groups in total. The summed E-state index contributed by atoms with van der Waals surface area (Å²) < 4.78 is 37.1. The smallest absolute Gasteiger partial charge is 0.202 e. The highest BCUT2D eigenvalue weighted by Gasteiger charge is 2.26. The summed E-state index contributed by atoms with van der Waals surface area (Å²) in [5.74, 6) is 4.80. The molecule has 0 atom stereocenters. The second-order valence-corrected chi connectivity index (χ2v) is 28.8. The molecular formula is C96H58O12S3. The SMILES string of the molecule is O=C1C2=C=C=CC=C2C(=O)c2ccc(cc2)Oc2ccc(cc2)Sc2ccc(cc2)Oc2ccc(cc2)C(=O)c2ccccc2C(=O)c2ccc(cc2)Oc2ccc(cc2)Sc2ccc(cc2)Oc2ccc(cc2)C(=O)c2ccccc2C(=O)c2ccc(cc2)Oc2ccc(cc2)Sc2ccc(cc2)Oc2ccc1cc2. The molecule has 34 rings (SSSR count). The van der Waals surface area contributed by atoms with Crippen molar-refractivity contribution >= 4 is 70.0 Å². The van der Waals surface area contributed by atoms with Crippen molar-refractivity contribution < 1.29 is 57.2 Å². The molecule has 14 aromatic rings. The Bertz CT molecular complexity index is 5980. The molecular weight excluding hydrogens is 1440 g/mol. The number of rotatable bonds is 0. The lowest BCUT2D eigenvalue weighted by molar-refractivity contribution is 0.0997. The van der Waals surface area contributed by atoms with Gasteiger partial charge in [-0.05, 0) is 303 Å². The van der Waals surface area contributed by atoms with Crippen LogP contribution in [0.1, 0.15) is 84.4 Å². The van der Waals surface area contributed by atoms with Crippen LogP contribution in [0.25, 0.3) is 0 Å². The number of ether oxygens (including phenoxy) is 6. The number of Topliss-reactive ketones (excluding diaryl/α,β-unsaturated/α-hetero) is 2. The second kappa shape index (κ2) is 32.6. The van der Waals surface area contributed by atoms with E-state index in [1.165, 1.54) is 0 Å². The fourth-order valence-corrected chi connectivity index (χ4v) is 14.6. The highest BCUT2D eigenvalue weighted by atomic mass is 32.2. The first kappa shape index (κ1) is 71.3. The number of ketones is 6. The largest absolute Gasteiger partial charge is 0.457 e. The lowest BCUT2D eigenvalue weighted by atomic mass is 9.90. The van der Waals surface area contributed by atoms with Crippen LogP contribution in [0.15, 0.2) is 404 Å². The third-order valence-corrected chi connectivity index (χ3v) is 20.9. The fourth-order valence-electron chi connectivity index (χ4n) is 12.2. The Morgan fingerprint density at radius 2 is 0.378 bits per heavy atom. The Hall–Kier alpha value is -14.0. The number of hydrogen-bond acceptors (Lipinski definition) is 15. The topological polar surface area (TPSA) is 158 Å². The van der Waals surface area contributed by atoms with Gasteiger partial charge in [0, 0.05) is 90.6 Å². The highest BCUT2D eigenvalue weighted by Crippen LogP contribution is 2.38. The molecule has 0 unspecified atom stereocenters. The van der Waals surface area contributed by atoms with Crippen LogP contribution in [0.3, 0.4) is 0 Å². The van der Waals surface area contributed by atoms with Gasteiger partial charge in [-0.3, -0.25) is 28.8 Å². The molecule has 0 saturated heterocycles. The predicted molar refractivity (Wildman–Crippen MR) is 429 cm³/mol. The van der Waals surface area contributed by atoms with Crippen molar-refractivity contribution in [1.82, 2.24) is 0 Å². The Labute approximate surface area is 651 Å². The molecule has 15 heteroatoms. The van der Waals surface area contributed by atoms with Gasteiger partial charge in [-0.2, -0.15) is 0 Å². The lowest BCUT2D eigenvalue weighted by Gasteiger charge is -2.12. The van der Waals surface area contributed by atoms with Crippen molar-refractivity contribution in [3.63, 3.8) is 0 Å². The third kappa shape index (κ3) is 17.1. The molecule has 0 saturated carbocycles. The molecule has 0 spiro atoms. The van der Waals surface area contributed by atoms with E-state index in [4.69, 9.17) is 28.4 Å². The van der Waals surface area contributed by atoms with Crippen LogP contribution in [0.5, 0.6) is 69.0 Å². The average Bonchev–Trinajstić information content (AvgIpc) is 0.809. The number of carbonyl (C=O) groups excluding carboxylic acids is 6. The predicted octanol–water partition coefficient (Wildman–Crippen LogP) is 24.4. The molecule has 1 aliphatic carbocycles. The normalized spacial score (nSPS) is 13.2. The van der Waals surface area contributed by atoms with Gasteiger partial charge >= 0.3 is 0 Å². The van der Waals surface area contributed by atoms with Crippen molar-refractivity contribution in [3.8, 4) is 69.0 Å². The number of allylic oxidation sites excluding steroid dienone is 4. The number of hydrogen-bond donors (Lipinski definition) is 0. The quantitative estimate of drug-likeness (QED) is 0.132. The Morgan fingerprint density at radius 1 is 0.198 bits per heavy atom. The standard InChI is InChI=1S/C96H58O12S3/c97-91-61-13-25-67(26-14-61)103-73-37-49-79(50-38-73)109-81-53-41-75(42-54-81)105-69-29-17-63(18-30-69)93(99)87-9-3-4-10-88(87)95(101)65-21-33-71(34-22-65)107-77-45-57-83(58-46-77)111-84-59-47-78(48-60-84)108-72-35-23-66(24-36-72)96(102)90-12-6-5-11-89(90)94(100)64-19-31-70(32-20-64)106-76-43-55-82(56-44-76)110-80-51-39-74(40-52-80)104-68-27-15-62(16-28-68)92(98)86-8-2-1-7-85(86)91/h1-5,7-11,13-60H. The van der Waals surface area contributed by atoms with Gasteiger partial charge in [0.25, 0.3) is 0 Å². The van der Waals surface area contributed by atoms with E-state index in [0.717, 1.165) is 29.4 Å². The van der Waals surface area contributed by atoms with Gasteiger partial charge in [-0.15, -0.1) is 0 Å². The van der Waals surface area contributed by atoms with Crippen molar-refractivity contribution in [3.05, 3.63) is 430 Å². The van der Waals surface area contributed by atoms with E-state index in [1.54, 1.807) is 242 Å². The van der Waals surface area contributed by atoms with E-state index in [9.17, 15) is 28.8 Å². The maximum absolute atomic E-state index is 14.1. The van der Waals surface area contributed by atoms with Gasteiger partial charge in [0.2, 0.25) is 5.78 Å². The molecule has 0 radical (unpaired) electrons. The van der Waals surface area contributed by atoms with Gasteiger partial charge in [-0.1, -0.05) is 95.3 Å². The van der Waals surface area contributed by atoms with Crippen LogP contribution in [0.2, 0.25) is 0 Å². The van der Waals surface area contributed by atoms with Gasteiger partial charge in [0.05, 0.1) is 5.57 Å². The molecule has 0 amide bonds. The van der Waals surface area contributed by atoms with Crippen molar-refractivity contribution in [2.75, 3.05) is 0 Å². The summed E-state index contributed by atoms with van der Waals surface area (Å²) >= 11 is 4.70. The van der Waals surface area contributed by atoms with E-state index in [0.29, 0.717) is 102 Å². The van der Waals surface area contributed by atoms with Gasteiger partial charge in [0.15, 0.2) is 28.9 Å². The summed E-state index contributed by atoms with van der Waals surface area (Å²) in [6.45, 7) is 0. The summed E-state index contributed by atoms with van der Waals surface area (Å²) in [6.07, 6.45) is 3.13. The molecule has 0 aromatic heterocycles. The van der Waals surface area contributed by atoms with Crippen LogP contribution < -0.4 is 28.4 Å². The Morgan fingerprint density at radius 3 is 0.586 bits per heavy atom. The van der Waals surface area contributed by atoms with Crippen LogP contribution in [0.4, 0.5) is 0 Å². The fraction of sp³-hybridized carbons (Fsp3) is 0. The van der Waals surface area contributed by atoms with E-state index in [1.807, 2.05) is 146 Å². The molecule has 19 aliphatic heterocycles. The van der Waals surface area contributed by atoms with Gasteiger partial charge < -0.3 is 28.4 Å². The zero-order valence-electron chi connectivity index (χ0n) is 58.6. The second-order valence-electron chi connectivity index (χ2n) is 25.4. The first-order valence-electron chi connectivity index (χ1n) is 35.1. The van der Waals surface area contributed by atoms with Gasteiger partial charge in [0.1, 0.15) is 69.0 Å². The molecule has 0 fully saturated rings. The maximum Gasteiger partial charge on any atom is 0.202 e. The third-order valence-electron chi connectivity index (χ3n) is 17.9. The molecule has 532 valence electrons. The van der Waals surface area contributed by atoms with Crippen LogP contribution in [0, 0.1) is 0 Å². The average molecular weight is 1500 g/mol. The Balaban J connectivity index is 0.589. The summed E-state index contributed by atoms with van der Waals surface area (Å²) in [6, 6.07) is 100. The molecule has 24 bridgehead atoms. The van der Waals surface area contributed by atoms with E-state index in [2.05, 4.69) is 11.5 Å².